The molecule has 3 fully saturated rings. The number of hydrogen-bond acceptors (Lipinski definition) is 3. The summed E-state index contributed by atoms with van der Waals surface area (Å²) in [5.74, 6) is -1.16. The first-order valence-electron chi connectivity index (χ1n) is 12.4. The van der Waals surface area contributed by atoms with Crippen molar-refractivity contribution in [3.8, 4) is 5.75 Å². The Kier molecular flexibility index (Phi) is 6.83. The van der Waals surface area contributed by atoms with Gasteiger partial charge >= 0.3 is 5.97 Å². The van der Waals surface area contributed by atoms with Gasteiger partial charge in [-0.15, -0.1) is 0 Å². The fraction of sp³-hybridized carbons (Fsp3) is 0.630. The molecule has 1 amide bonds. The third-order valence-corrected chi connectivity index (χ3v) is 7.86. The maximum Gasteiger partial charge on any atom is 0.326 e. The van der Waals surface area contributed by atoms with Crippen LogP contribution in [0.1, 0.15) is 93.5 Å². The SMILES string of the molecule is C=C1CC(C)CC(CC)(COc2cc(F)c(C(=O)N[C@H](C(=O)O)C3CCC3)cc2C2CC2)C1. The highest BCUT2D eigenvalue weighted by atomic mass is 19.1. The minimum Gasteiger partial charge on any atom is -0.493 e. The van der Waals surface area contributed by atoms with E-state index in [-0.39, 0.29) is 22.8 Å². The van der Waals surface area contributed by atoms with Gasteiger partial charge in [0.25, 0.3) is 5.91 Å². The predicted molar refractivity (Wildman–Crippen MR) is 125 cm³/mol. The number of carbonyl (C=O) groups is 2. The predicted octanol–water partition coefficient (Wildman–Crippen LogP) is 5.84. The molecule has 3 aliphatic carbocycles. The number of benzene rings is 1. The van der Waals surface area contributed by atoms with E-state index in [1.807, 2.05) is 0 Å². The van der Waals surface area contributed by atoms with E-state index in [1.54, 1.807) is 6.07 Å². The fourth-order valence-corrected chi connectivity index (χ4v) is 5.65. The van der Waals surface area contributed by atoms with Gasteiger partial charge in [-0.1, -0.05) is 32.4 Å². The number of nitrogens with one attached hydrogen (secondary N) is 1. The molecule has 6 heteroatoms. The van der Waals surface area contributed by atoms with Crippen LogP contribution >= 0.6 is 0 Å². The number of amides is 1. The monoisotopic (exact) mass is 457 g/mol. The second-order valence-corrected chi connectivity index (χ2v) is 10.7. The smallest absolute Gasteiger partial charge is 0.326 e. The number of halogens is 1. The molecule has 3 aliphatic rings. The first-order valence-corrected chi connectivity index (χ1v) is 12.4. The molecular weight excluding hydrogens is 421 g/mol. The number of allylic oxidation sites excluding steroid dienone is 1. The average molecular weight is 458 g/mol. The Morgan fingerprint density at radius 3 is 2.58 bits per heavy atom. The van der Waals surface area contributed by atoms with Gasteiger partial charge in [0, 0.05) is 11.5 Å². The Morgan fingerprint density at radius 1 is 1.30 bits per heavy atom. The van der Waals surface area contributed by atoms with E-state index >= 15 is 4.39 Å². The molecule has 0 aliphatic heterocycles. The minimum absolute atomic E-state index is 0.000421. The Morgan fingerprint density at radius 2 is 2.03 bits per heavy atom. The van der Waals surface area contributed by atoms with Crippen LogP contribution in [0, 0.1) is 23.1 Å². The van der Waals surface area contributed by atoms with Crippen LogP contribution in [0.15, 0.2) is 24.3 Å². The van der Waals surface area contributed by atoms with Gasteiger partial charge in [0.15, 0.2) is 0 Å². The van der Waals surface area contributed by atoms with Crippen molar-refractivity contribution < 1.29 is 23.8 Å². The van der Waals surface area contributed by atoms with Gasteiger partial charge in [-0.2, -0.15) is 0 Å². The van der Waals surface area contributed by atoms with Gasteiger partial charge in [-0.3, -0.25) is 4.79 Å². The van der Waals surface area contributed by atoms with Crippen molar-refractivity contribution in [1.82, 2.24) is 5.32 Å². The van der Waals surface area contributed by atoms with E-state index in [0.717, 1.165) is 63.4 Å². The van der Waals surface area contributed by atoms with Gasteiger partial charge in [-0.25, -0.2) is 9.18 Å². The molecular formula is C27H36FNO4. The summed E-state index contributed by atoms with van der Waals surface area (Å²) < 4.78 is 21.3. The van der Waals surface area contributed by atoms with Gasteiger partial charge in [0.05, 0.1) is 12.2 Å². The molecule has 0 saturated heterocycles. The average Bonchev–Trinajstić information content (AvgIpc) is 3.54. The number of aliphatic carboxylic acids is 1. The maximum atomic E-state index is 15.1. The molecule has 1 aromatic carbocycles. The largest absolute Gasteiger partial charge is 0.493 e. The van der Waals surface area contributed by atoms with Gasteiger partial charge in [0.1, 0.15) is 17.6 Å². The third-order valence-electron chi connectivity index (χ3n) is 7.86. The molecule has 33 heavy (non-hydrogen) atoms. The van der Waals surface area contributed by atoms with E-state index in [2.05, 4.69) is 25.7 Å². The summed E-state index contributed by atoms with van der Waals surface area (Å²) in [6.45, 7) is 9.13. The molecule has 0 spiro atoms. The fourth-order valence-electron chi connectivity index (χ4n) is 5.65. The lowest BCUT2D eigenvalue weighted by molar-refractivity contribution is -0.141. The minimum atomic E-state index is -1.07. The zero-order chi connectivity index (χ0) is 23.8. The number of carboxylic acid groups (broad SMARTS) is 1. The van der Waals surface area contributed by atoms with Crippen molar-refractivity contribution in [3.05, 3.63) is 41.2 Å². The van der Waals surface area contributed by atoms with Crippen molar-refractivity contribution in [2.45, 2.75) is 83.6 Å². The zero-order valence-corrected chi connectivity index (χ0v) is 19.8. The molecule has 3 atom stereocenters. The third kappa shape index (κ3) is 5.25. The molecule has 3 saturated carbocycles. The number of hydrogen-bond donors (Lipinski definition) is 2. The zero-order valence-electron chi connectivity index (χ0n) is 19.8. The van der Waals surface area contributed by atoms with E-state index in [0.29, 0.717) is 18.3 Å². The molecule has 0 radical (unpaired) electrons. The molecule has 2 unspecified atom stereocenters. The Labute approximate surface area is 195 Å². The lowest BCUT2D eigenvalue weighted by Crippen LogP contribution is -2.48. The molecule has 0 aromatic heterocycles. The Hall–Kier alpha value is -2.37. The van der Waals surface area contributed by atoms with E-state index in [4.69, 9.17) is 4.74 Å². The molecule has 5 nitrogen and oxygen atoms in total. The summed E-state index contributed by atoms with van der Waals surface area (Å²) in [4.78, 5) is 24.5. The summed E-state index contributed by atoms with van der Waals surface area (Å²) in [6.07, 6.45) is 8.46. The summed E-state index contributed by atoms with van der Waals surface area (Å²) in [5, 5.41) is 12.1. The first-order chi connectivity index (χ1) is 15.7. The highest BCUT2D eigenvalue weighted by molar-refractivity contribution is 5.97. The maximum absolute atomic E-state index is 15.1. The number of ether oxygens (including phenoxy) is 1. The van der Waals surface area contributed by atoms with Crippen molar-refractivity contribution in [2.24, 2.45) is 17.3 Å². The summed E-state index contributed by atoms with van der Waals surface area (Å²) in [7, 11) is 0. The van der Waals surface area contributed by atoms with Crippen LogP contribution in [0.5, 0.6) is 5.75 Å². The van der Waals surface area contributed by atoms with Crippen LogP contribution in [0.25, 0.3) is 0 Å². The number of rotatable bonds is 9. The molecule has 4 rings (SSSR count). The lowest BCUT2D eigenvalue weighted by Gasteiger charge is -2.40. The standard InChI is InChI=1S/C27H36FNO4/c1-4-27(13-16(2)10-17(3)14-27)15-33-23-12-22(28)21(11-20(23)18-8-9-18)25(30)29-24(26(31)32)19-6-5-7-19/h11-12,17-19,24H,2,4-10,13-15H2,1,3H3,(H,29,30)(H,31,32)/t17?,24-,27?/m0/s1. The van der Waals surface area contributed by atoms with Crippen molar-refractivity contribution in [1.29, 1.82) is 0 Å². The number of carbonyl (C=O) groups excluding carboxylic acids is 1. The van der Waals surface area contributed by atoms with Gasteiger partial charge < -0.3 is 15.2 Å². The Bertz CT molecular complexity index is 936. The van der Waals surface area contributed by atoms with Crippen LogP contribution in [-0.2, 0) is 4.79 Å². The molecule has 2 N–H and O–H groups in total. The van der Waals surface area contributed by atoms with Crippen molar-refractivity contribution in [2.75, 3.05) is 6.61 Å². The number of carboxylic acids is 1. The summed E-state index contributed by atoms with van der Waals surface area (Å²) in [6, 6.07) is 1.93. The Balaban J connectivity index is 1.53. The van der Waals surface area contributed by atoms with Crippen molar-refractivity contribution >= 4 is 11.9 Å². The van der Waals surface area contributed by atoms with Crippen LogP contribution in [0.2, 0.25) is 0 Å². The topological polar surface area (TPSA) is 75.6 Å². The molecule has 0 heterocycles. The van der Waals surface area contributed by atoms with E-state index in [9.17, 15) is 14.7 Å². The molecule has 0 bridgehead atoms. The summed E-state index contributed by atoms with van der Waals surface area (Å²) in [5.41, 5.74) is 2.00. The first kappa shape index (κ1) is 23.8. The van der Waals surface area contributed by atoms with Gasteiger partial charge in [-0.05, 0) is 80.8 Å². The van der Waals surface area contributed by atoms with Crippen LogP contribution in [0.4, 0.5) is 4.39 Å². The molecule has 180 valence electrons. The van der Waals surface area contributed by atoms with Gasteiger partial charge in [0.2, 0.25) is 0 Å². The second kappa shape index (κ2) is 9.47. The normalized spacial score (nSPS) is 26.4. The van der Waals surface area contributed by atoms with Crippen LogP contribution in [0.3, 0.4) is 0 Å². The second-order valence-electron chi connectivity index (χ2n) is 10.7. The lowest BCUT2D eigenvalue weighted by atomic mass is 9.67. The molecule has 1 aromatic rings. The van der Waals surface area contributed by atoms with Crippen molar-refractivity contribution in [3.63, 3.8) is 0 Å². The van der Waals surface area contributed by atoms with Crippen LogP contribution in [-0.4, -0.2) is 29.6 Å². The highest BCUT2D eigenvalue weighted by Gasteiger charge is 2.38. The quantitative estimate of drug-likeness (QED) is 0.457. The highest BCUT2D eigenvalue weighted by Crippen LogP contribution is 2.47. The van der Waals surface area contributed by atoms with Crippen LogP contribution < -0.4 is 10.1 Å². The van der Waals surface area contributed by atoms with E-state index in [1.165, 1.54) is 11.6 Å². The van der Waals surface area contributed by atoms with E-state index < -0.39 is 23.7 Å². The summed E-state index contributed by atoms with van der Waals surface area (Å²) >= 11 is 0.